The van der Waals surface area contributed by atoms with Gasteiger partial charge in [-0.1, -0.05) is 0 Å². The summed E-state index contributed by atoms with van der Waals surface area (Å²) in [4.78, 5) is 4.33. The van der Waals surface area contributed by atoms with E-state index in [1.807, 2.05) is 11.7 Å². The molecule has 0 amide bonds. The first kappa shape index (κ1) is 12.8. The van der Waals surface area contributed by atoms with Crippen molar-refractivity contribution < 1.29 is 0 Å². The molecule has 4 bridgehead atoms. The third-order valence-corrected chi connectivity index (χ3v) is 6.36. The van der Waals surface area contributed by atoms with Crippen LogP contribution in [0, 0.1) is 23.2 Å². The zero-order valence-electron chi connectivity index (χ0n) is 12.5. The van der Waals surface area contributed by atoms with Crippen LogP contribution >= 0.6 is 0 Å². The summed E-state index contributed by atoms with van der Waals surface area (Å²) in [6.45, 7) is 0. The fourth-order valence-corrected chi connectivity index (χ4v) is 5.77. The maximum atomic E-state index is 6.68. The van der Waals surface area contributed by atoms with Crippen molar-refractivity contribution in [2.45, 2.75) is 57.4 Å². The Hall–Kier alpha value is -0.900. The summed E-state index contributed by atoms with van der Waals surface area (Å²) >= 11 is 0. The van der Waals surface area contributed by atoms with Gasteiger partial charge in [0.15, 0.2) is 0 Å². The van der Waals surface area contributed by atoms with Crippen molar-refractivity contribution in [1.82, 2.24) is 14.8 Å². The van der Waals surface area contributed by atoms with E-state index < -0.39 is 0 Å². The summed E-state index contributed by atoms with van der Waals surface area (Å²) in [6.07, 6.45) is 12.4. The molecule has 0 radical (unpaired) electrons. The molecule has 1 heterocycles. The summed E-state index contributed by atoms with van der Waals surface area (Å²) < 4.78 is 1.88. The molecule has 4 fully saturated rings. The van der Waals surface area contributed by atoms with Gasteiger partial charge in [-0.15, -0.1) is 0 Å². The molecule has 4 nitrogen and oxygen atoms in total. The van der Waals surface area contributed by atoms with Crippen LogP contribution in [0.1, 0.15) is 50.8 Å². The van der Waals surface area contributed by atoms with E-state index in [0.717, 1.165) is 36.4 Å². The van der Waals surface area contributed by atoms with Gasteiger partial charge in [0.1, 0.15) is 12.2 Å². The van der Waals surface area contributed by atoms with Crippen LogP contribution in [-0.2, 0) is 13.5 Å². The van der Waals surface area contributed by atoms with Gasteiger partial charge in [0.25, 0.3) is 0 Å². The van der Waals surface area contributed by atoms with Gasteiger partial charge in [-0.25, -0.2) is 4.98 Å². The van der Waals surface area contributed by atoms with Crippen LogP contribution in [0.3, 0.4) is 0 Å². The van der Waals surface area contributed by atoms with Crippen LogP contribution < -0.4 is 5.73 Å². The molecular weight excluding hydrogens is 248 g/mol. The average Bonchev–Trinajstić information content (AvgIpc) is 2.80. The van der Waals surface area contributed by atoms with Crippen molar-refractivity contribution >= 4 is 0 Å². The van der Waals surface area contributed by atoms with Gasteiger partial charge in [0.05, 0.1) is 0 Å². The number of rotatable bonds is 4. The molecule has 0 spiro atoms. The smallest absolute Gasteiger partial charge is 0.138 e. The van der Waals surface area contributed by atoms with Gasteiger partial charge in [-0.05, 0) is 68.1 Å². The summed E-state index contributed by atoms with van der Waals surface area (Å²) in [6, 6.07) is 0.354. The number of aromatic nitrogens is 3. The van der Waals surface area contributed by atoms with Gasteiger partial charge in [0.2, 0.25) is 0 Å². The third-order valence-electron chi connectivity index (χ3n) is 6.36. The van der Waals surface area contributed by atoms with Crippen molar-refractivity contribution in [2.75, 3.05) is 0 Å². The fourth-order valence-electron chi connectivity index (χ4n) is 5.77. The molecule has 20 heavy (non-hydrogen) atoms. The fraction of sp³-hybridized carbons (Fsp3) is 0.875. The summed E-state index contributed by atoms with van der Waals surface area (Å²) in [5, 5.41) is 4.15. The van der Waals surface area contributed by atoms with Gasteiger partial charge < -0.3 is 5.73 Å². The Bertz CT molecular complexity index is 457. The average molecular weight is 274 g/mol. The van der Waals surface area contributed by atoms with Crippen LogP contribution in [0.4, 0.5) is 0 Å². The second-order valence-electron chi connectivity index (χ2n) is 7.72. The molecule has 1 aromatic heterocycles. The molecule has 4 aliphatic rings. The molecule has 0 saturated heterocycles. The lowest BCUT2D eigenvalue weighted by molar-refractivity contribution is -0.0681. The highest BCUT2D eigenvalue weighted by Crippen LogP contribution is 2.61. The molecule has 1 atom stereocenters. The molecule has 2 N–H and O–H groups in total. The highest BCUT2D eigenvalue weighted by Gasteiger charge is 2.53. The number of nitrogens with zero attached hydrogens (tertiary/aromatic N) is 3. The van der Waals surface area contributed by atoms with E-state index in [1.165, 1.54) is 38.5 Å². The van der Waals surface area contributed by atoms with Crippen molar-refractivity contribution in [1.29, 1.82) is 0 Å². The molecule has 4 heteroatoms. The first-order chi connectivity index (χ1) is 9.64. The van der Waals surface area contributed by atoms with E-state index in [0.29, 0.717) is 11.5 Å². The zero-order valence-corrected chi connectivity index (χ0v) is 12.5. The molecule has 110 valence electrons. The summed E-state index contributed by atoms with van der Waals surface area (Å²) in [5.74, 6) is 4.04. The van der Waals surface area contributed by atoms with E-state index in [-0.39, 0.29) is 0 Å². The second kappa shape index (κ2) is 4.55. The third kappa shape index (κ3) is 2.00. The van der Waals surface area contributed by atoms with Crippen LogP contribution in [0.2, 0.25) is 0 Å². The molecule has 1 unspecified atom stereocenters. The molecule has 0 aliphatic heterocycles. The molecular formula is C16H26N4. The van der Waals surface area contributed by atoms with Crippen molar-refractivity contribution in [2.24, 2.45) is 36.0 Å². The van der Waals surface area contributed by atoms with Crippen molar-refractivity contribution in [3.8, 4) is 0 Å². The SMILES string of the molecule is Cn1ncnc1CCC(N)C12CC3CC(CC(C3)C1)C2. The van der Waals surface area contributed by atoms with E-state index in [4.69, 9.17) is 5.73 Å². The Morgan fingerprint density at radius 1 is 1.25 bits per heavy atom. The monoisotopic (exact) mass is 274 g/mol. The number of hydrogen-bond acceptors (Lipinski definition) is 3. The molecule has 1 aromatic rings. The lowest BCUT2D eigenvalue weighted by Crippen LogP contribution is -2.54. The number of aryl methyl sites for hydroxylation is 2. The minimum absolute atomic E-state index is 0.354. The largest absolute Gasteiger partial charge is 0.327 e. The van der Waals surface area contributed by atoms with Crippen molar-refractivity contribution in [3.63, 3.8) is 0 Å². The standard InChI is InChI=1S/C16H26N4/c1-20-15(18-10-19-20)3-2-14(17)16-7-11-4-12(8-16)6-13(5-11)9-16/h10-14H,2-9,17H2,1H3. The molecule has 4 saturated carbocycles. The van der Waals surface area contributed by atoms with Gasteiger partial charge in [0, 0.05) is 19.5 Å². The van der Waals surface area contributed by atoms with Crippen LogP contribution in [-0.4, -0.2) is 20.8 Å². The minimum atomic E-state index is 0.354. The lowest BCUT2D eigenvalue weighted by Gasteiger charge is -2.59. The predicted octanol–water partition coefficient (Wildman–Crippen LogP) is 2.29. The van der Waals surface area contributed by atoms with Gasteiger partial charge in [-0.3, -0.25) is 4.68 Å². The Morgan fingerprint density at radius 3 is 2.35 bits per heavy atom. The van der Waals surface area contributed by atoms with Gasteiger partial charge in [-0.2, -0.15) is 5.10 Å². The lowest BCUT2D eigenvalue weighted by atomic mass is 9.47. The summed E-state index contributed by atoms with van der Waals surface area (Å²) in [5.41, 5.74) is 7.15. The van der Waals surface area contributed by atoms with E-state index in [2.05, 4.69) is 10.1 Å². The quantitative estimate of drug-likeness (QED) is 0.916. The molecule has 0 aromatic carbocycles. The maximum absolute atomic E-state index is 6.68. The Labute approximate surface area is 121 Å². The highest BCUT2D eigenvalue weighted by atomic mass is 15.3. The van der Waals surface area contributed by atoms with E-state index in [9.17, 15) is 0 Å². The van der Waals surface area contributed by atoms with Crippen molar-refractivity contribution in [3.05, 3.63) is 12.2 Å². The van der Waals surface area contributed by atoms with Crippen LogP contribution in [0.25, 0.3) is 0 Å². The van der Waals surface area contributed by atoms with Crippen LogP contribution in [0.15, 0.2) is 6.33 Å². The first-order valence-corrected chi connectivity index (χ1v) is 8.23. The maximum Gasteiger partial charge on any atom is 0.138 e. The number of hydrogen-bond donors (Lipinski definition) is 1. The number of nitrogens with two attached hydrogens (primary N) is 1. The molecule has 5 rings (SSSR count). The Morgan fingerprint density at radius 2 is 1.85 bits per heavy atom. The van der Waals surface area contributed by atoms with Crippen LogP contribution in [0.5, 0.6) is 0 Å². The first-order valence-electron chi connectivity index (χ1n) is 8.23. The Balaban J connectivity index is 1.45. The second-order valence-corrected chi connectivity index (χ2v) is 7.72. The predicted molar refractivity (Wildman–Crippen MR) is 77.9 cm³/mol. The topological polar surface area (TPSA) is 56.7 Å². The normalized spacial score (nSPS) is 40.2. The van der Waals surface area contributed by atoms with Gasteiger partial charge >= 0.3 is 0 Å². The van der Waals surface area contributed by atoms with E-state index >= 15 is 0 Å². The Kier molecular flexibility index (Phi) is 2.92. The highest BCUT2D eigenvalue weighted by molar-refractivity contribution is 5.05. The summed E-state index contributed by atoms with van der Waals surface area (Å²) in [7, 11) is 1.97. The van der Waals surface area contributed by atoms with E-state index in [1.54, 1.807) is 6.33 Å². The minimum Gasteiger partial charge on any atom is -0.327 e. The zero-order chi connectivity index (χ0) is 13.7. The molecule has 4 aliphatic carbocycles.